The van der Waals surface area contributed by atoms with Crippen LogP contribution in [0.25, 0.3) is 11.2 Å². The van der Waals surface area contributed by atoms with Gasteiger partial charge in [-0.3, -0.25) is 18.7 Å². The Hall–Kier alpha value is -2.38. The summed E-state index contributed by atoms with van der Waals surface area (Å²) in [6.45, 7) is 7.11. The van der Waals surface area contributed by atoms with Crippen LogP contribution in [-0.4, -0.2) is 37.6 Å². The van der Waals surface area contributed by atoms with Gasteiger partial charge in [0.15, 0.2) is 16.9 Å². The predicted octanol–water partition coefficient (Wildman–Crippen LogP) is -0.131. The summed E-state index contributed by atoms with van der Waals surface area (Å²) in [5.74, 6) is 0.690. The van der Waals surface area contributed by atoms with Crippen LogP contribution < -0.4 is 16.1 Å². The van der Waals surface area contributed by atoms with Crippen molar-refractivity contribution < 1.29 is 4.79 Å². The van der Waals surface area contributed by atoms with Crippen LogP contribution in [0.3, 0.4) is 0 Å². The molecule has 0 bridgehead atoms. The molecule has 3 heterocycles. The molecule has 124 valence electrons. The van der Waals surface area contributed by atoms with Crippen LogP contribution in [0, 0.1) is 5.41 Å². The van der Waals surface area contributed by atoms with Crippen molar-refractivity contribution in [3.63, 3.8) is 0 Å². The number of imidazole rings is 1. The zero-order valence-corrected chi connectivity index (χ0v) is 14.1. The Morgan fingerprint density at radius 1 is 1.13 bits per heavy atom. The minimum absolute atomic E-state index is 0.111. The highest BCUT2D eigenvalue weighted by atomic mass is 16.2. The molecule has 23 heavy (non-hydrogen) atoms. The van der Waals surface area contributed by atoms with Crippen molar-refractivity contribution in [2.24, 2.45) is 19.5 Å². The molecule has 2 aromatic rings. The third kappa shape index (κ3) is 2.20. The van der Waals surface area contributed by atoms with Gasteiger partial charge in [-0.15, -0.1) is 0 Å². The smallest absolute Gasteiger partial charge is 0.332 e. The molecule has 1 aliphatic heterocycles. The number of carbonyl (C=O) groups is 1. The minimum Gasteiger partial charge on any atom is -0.333 e. The Morgan fingerprint density at radius 3 is 2.39 bits per heavy atom. The van der Waals surface area contributed by atoms with E-state index in [-0.39, 0.29) is 17.9 Å². The molecule has 3 rings (SSSR count). The van der Waals surface area contributed by atoms with Crippen molar-refractivity contribution in [3.05, 3.63) is 20.8 Å². The quantitative estimate of drug-likeness (QED) is 0.770. The maximum Gasteiger partial charge on any atom is 0.332 e. The number of hydrogen-bond donors (Lipinski definition) is 0. The van der Waals surface area contributed by atoms with Crippen LogP contribution in [0.2, 0.25) is 0 Å². The largest absolute Gasteiger partial charge is 0.333 e. The summed E-state index contributed by atoms with van der Waals surface area (Å²) in [5.41, 5.74) is -0.415. The summed E-state index contributed by atoms with van der Waals surface area (Å²) in [4.78, 5) is 43.1. The Labute approximate surface area is 132 Å². The Kier molecular flexibility index (Phi) is 3.24. The molecule has 1 aliphatic rings. The van der Waals surface area contributed by atoms with Crippen molar-refractivity contribution in [2.75, 3.05) is 18.0 Å². The van der Waals surface area contributed by atoms with E-state index in [4.69, 9.17) is 0 Å². The van der Waals surface area contributed by atoms with Gasteiger partial charge in [0, 0.05) is 32.6 Å². The number of fused-ring (bicyclic) bond motifs is 3. The van der Waals surface area contributed by atoms with Crippen LogP contribution in [0.4, 0.5) is 5.95 Å². The van der Waals surface area contributed by atoms with E-state index in [1.165, 1.54) is 11.6 Å². The first kappa shape index (κ1) is 15.5. The SMILES string of the molecule is Cn1c(=O)c2c(nc3n2CCN3CC(=O)C(C)(C)C)n(C)c1=O. The van der Waals surface area contributed by atoms with Gasteiger partial charge >= 0.3 is 5.69 Å². The number of aryl methyl sites for hydroxylation is 1. The van der Waals surface area contributed by atoms with E-state index < -0.39 is 11.1 Å². The van der Waals surface area contributed by atoms with E-state index in [1.54, 1.807) is 11.6 Å². The van der Waals surface area contributed by atoms with Gasteiger partial charge < -0.3 is 9.47 Å². The highest BCUT2D eigenvalue weighted by Gasteiger charge is 2.31. The maximum atomic E-state index is 12.4. The fraction of sp³-hybridized carbons (Fsp3) is 0.600. The maximum absolute atomic E-state index is 12.4. The molecule has 0 atom stereocenters. The van der Waals surface area contributed by atoms with Gasteiger partial charge in [0.25, 0.3) is 5.56 Å². The Morgan fingerprint density at radius 2 is 1.78 bits per heavy atom. The molecule has 0 spiro atoms. The molecule has 0 radical (unpaired) electrons. The first-order chi connectivity index (χ1) is 10.6. The number of carbonyl (C=O) groups excluding carboxylic acids is 1. The minimum atomic E-state index is -0.428. The average Bonchev–Trinajstić information content (AvgIpc) is 3.02. The topological polar surface area (TPSA) is 82.1 Å². The van der Waals surface area contributed by atoms with Crippen molar-refractivity contribution in [3.8, 4) is 0 Å². The van der Waals surface area contributed by atoms with E-state index >= 15 is 0 Å². The standard InChI is InChI=1S/C15H21N5O3/c1-15(2,3)9(21)8-19-6-7-20-10-11(16-13(19)20)17(4)14(23)18(5)12(10)22/h6-8H2,1-5H3. The second kappa shape index (κ2) is 4.81. The van der Waals surface area contributed by atoms with Gasteiger partial charge in [-0.25, -0.2) is 4.79 Å². The van der Waals surface area contributed by atoms with Gasteiger partial charge in [-0.05, 0) is 0 Å². The lowest BCUT2D eigenvalue weighted by Crippen LogP contribution is -2.37. The van der Waals surface area contributed by atoms with E-state index in [9.17, 15) is 14.4 Å². The number of nitrogens with zero attached hydrogens (tertiary/aromatic N) is 5. The molecule has 0 amide bonds. The van der Waals surface area contributed by atoms with Crippen LogP contribution in [0.1, 0.15) is 20.8 Å². The fourth-order valence-electron chi connectivity index (χ4n) is 2.77. The number of Topliss-reactive ketones (excluding diaryl/α,β-unsaturated/α-hetero) is 1. The highest BCUT2D eigenvalue weighted by molar-refractivity contribution is 5.88. The predicted molar refractivity (Wildman–Crippen MR) is 86.9 cm³/mol. The third-order valence-electron chi connectivity index (χ3n) is 4.38. The van der Waals surface area contributed by atoms with E-state index in [0.717, 1.165) is 4.57 Å². The summed E-state index contributed by atoms with van der Waals surface area (Å²) in [7, 11) is 3.05. The molecule has 2 aromatic heterocycles. The Bertz CT molecular complexity index is 926. The van der Waals surface area contributed by atoms with Crippen LogP contribution in [0.5, 0.6) is 0 Å². The van der Waals surface area contributed by atoms with Crippen LogP contribution >= 0.6 is 0 Å². The Balaban J connectivity index is 2.14. The zero-order chi connectivity index (χ0) is 17.1. The molecular weight excluding hydrogens is 298 g/mol. The van der Waals surface area contributed by atoms with Crippen molar-refractivity contribution in [1.82, 2.24) is 18.7 Å². The second-order valence-corrected chi connectivity index (χ2v) is 7.04. The molecule has 8 heteroatoms. The van der Waals surface area contributed by atoms with E-state index in [1.807, 2.05) is 25.7 Å². The molecule has 0 saturated heterocycles. The molecule has 0 aliphatic carbocycles. The first-order valence-corrected chi connectivity index (χ1v) is 7.57. The lowest BCUT2D eigenvalue weighted by Gasteiger charge is -2.22. The van der Waals surface area contributed by atoms with Crippen molar-refractivity contribution in [1.29, 1.82) is 0 Å². The third-order valence-corrected chi connectivity index (χ3v) is 4.38. The number of aromatic nitrogens is 4. The second-order valence-electron chi connectivity index (χ2n) is 7.04. The zero-order valence-electron chi connectivity index (χ0n) is 14.1. The number of anilines is 1. The number of hydrogen-bond acceptors (Lipinski definition) is 5. The number of ketones is 1. The normalized spacial score (nSPS) is 14.6. The van der Waals surface area contributed by atoms with Gasteiger partial charge in [0.2, 0.25) is 5.95 Å². The van der Waals surface area contributed by atoms with E-state index in [0.29, 0.717) is 30.2 Å². The summed E-state index contributed by atoms with van der Waals surface area (Å²) in [6.07, 6.45) is 0. The highest BCUT2D eigenvalue weighted by Crippen LogP contribution is 2.26. The van der Waals surface area contributed by atoms with E-state index in [2.05, 4.69) is 4.98 Å². The molecular formula is C15H21N5O3. The van der Waals surface area contributed by atoms with Crippen LogP contribution in [-0.2, 0) is 25.4 Å². The first-order valence-electron chi connectivity index (χ1n) is 7.57. The molecule has 0 saturated carbocycles. The fourth-order valence-corrected chi connectivity index (χ4v) is 2.77. The monoisotopic (exact) mass is 319 g/mol. The van der Waals surface area contributed by atoms with Gasteiger partial charge in [-0.1, -0.05) is 20.8 Å². The molecule has 0 N–H and O–H groups in total. The number of rotatable bonds is 2. The lowest BCUT2D eigenvalue weighted by atomic mass is 9.90. The van der Waals surface area contributed by atoms with Crippen molar-refractivity contribution >= 4 is 22.9 Å². The lowest BCUT2D eigenvalue weighted by molar-refractivity contribution is -0.124. The summed E-state index contributed by atoms with van der Waals surface area (Å²) in [6, 6.07) is 0. The average molecular weight is 319 g/mol. The van der Waals surface area contributed by atoms with Gasteiger partial charge in [0.05, 0.1) is 6.54 Å². The van der Waals surface area contributed by atoms with Crippen molar-refractivity contribution in [2.45, 2.75) is 27.3 Å². The summed E-state index contributed by atoms with van der Waals surface area (Å²) < 4.78 is 4.25. The molecule has 8 nitrogen and oxygen atoms in total. The summed E-state index contributed by atoms with van der Waals surface area (Å²) >= 11 is 0. The molecule has 0 fully saturated rings. The van der Waals surface area contributed by atoms with Gasteiger partial charge in [0.1, 0.15) is 0 Å². The summed E-state index contributed by atoms with van der Waals surface area (Å²) in [5, 5.41) is 0. The van der Waals surface area contributed by atoms with Crippen LogP contribution in [0.15, 0.2) is 9.59 Å². The molecule has 0 unspecified atom stereocenters. The molecule has 0 aromatic carbocycles. The van der Waals surface area contributed by atoms with Gasteiger partial charge in [-0.2, -0.15) is 4.98 Å².